The van der Waals surface area contributed by atoms with Gasteiger partial charge in [-0.1, -0.05) is 13.8 Å². The molecule has 1 aromatic heterocycles. The molecule has 0 saturated carbocycles. The minimum Gasteiger partial charge on any atom is -0.444 e. The Labute approximate surface area is 156 Å². The quantitative estimate of drug-likeness (QED) is 0.673. The molecule has 1 fully saturated rings. The van der Waals surface area contributed by atoms with Gasteiger partial charge in [0.15, 0.2) is 10.4 Å². The van der Waals surface area contributed by atoms with Crippen LogP contribution in [0.25, 0.3) is 0 Å². The highest BCUT2D eigenvalue weighted by Gasteiger charge is 2.22. The fourth-order valence-corrected chi connectivity index (χ4v) is 3.13. The zero-order valence-electron chi connectivity index (χ0n) is 14.7. The van der Waals surface area contributed by atoms with Gasteiger partial charge in [-0.05, 0) is 40.4 Å². The van der Waals surface area contributed by atoms with E-state index in [1.165, 1.54) is 0 Å². The van der Waals surface area contributed by atoms with Crippen LogP contribution in [-0.4, -0.2) is 62.1 Å². The molecule has 2 N–H and O–H groups in total. The molecule has 1 unspecified atom stereocenters. The number of halogens is 1. The molecule has 2 rings (SSSR count). The van der Waals surface area contributed by atoms with Gasteiger partial charge >= 0.3 is 0 Å². The average Bonchev–Trinajstić information content (AvgIpc) is 3.03. The molecular formula is C17H26BrN3O4. The molecule has 8 heteroatoms. The van der Waals surface area contributed by atoms with Crippen molar-refractivity contribution in [2.45, 2.75) is 26.3 Å². The van der Waals surface area contributed by atoms with Crippen LogP contribution >= 0.6 is 15.9 Å². The Balaban J connectivity index is 1.76. The lowest BCUT2D eigenvalue weighted by atomic mass is 10.0. The van der Waals surface area contributed by atoms with E-state index in [2.05, 4.69) is 45.3 Å². The van der Waals surface area contributed by atoms with E-state index in [4.69, 9.17) is 9.15 Å². The number of amides is 2. The number of rotatable bonds is 8. The summed E-state index contributed by atoms with van der Waals surface area (Å²) in [6.07, 6.45) is 1.01. The Morgan fingerprint density at radius 2 is 1.96 bits per heavy atom. The van der Waals surface area contributed by atoms with Crippen molar-refractivity contribution in [2.24, 2.45) is 5.92 Å². The third-order valence-corrected chi connectivity index (χ3v) is 4.47. The first-order valence-electron chi connectivity index (χ1n) is 8.57. The third kappa shape index (κ3) is 6.80. The molecule has 1 saturated heterocycles. The molecule has 140 valence electrons. The molecule has 1 aliphatic heterocycles. The number of ether oxygens (including phenoxy) is 1. The first-order valence-corrected chi connectivity index (χ1v) is 9.37. The number of furan rings is 1. The fraction of sp³-hybridized carbons (Fsp3) is 0.647. The van der Waals surface area contributed by atoms with E-state index in [9.17, 15) is 9.59 Å². The molecule has 0 bridgehead atoms. The molecule has 0 aromatic carbocycles. The summed E-state index contributed by atoms with van der Waals surface area (Å²) in [4.78, 5) is 26.3. The van der Waals surface area contributed by atoms with Gasteiger partial charge in [0.25, 0.3) is 5.91 Å². The number of hydrogen-bond donors (Lipinski definition) is 2. The van der Waals surface area contributed by atoms with Crippen molar-refractivity contribution in [3.05, 3.63) is 22.6 Å². The highest BCUT2D eigenvalue weighted by Crippen LogP contribution is 2.14. The summed E-state index contributed by atoms with van der Waals surface area (Å²) in [5.41, 5.74) is 0. The molecular weight excluding hydrogens is 390 g/mol. The summed E-state index contributed by atoms with van der Waals surface area (Å²) in [6, 6.07) is 3.46. The van der Waals surface area contributed by atoms with E-state index < -0.39 is 5.91 Å². The van der Waals surface area contributed by atoms with E-state index >= 15 is 0 Å². The number of morpholine rings is 1. The second kappa shape index (κ2) is 9.94. The molecule has 0 spiro atoms. The van der Waals surface area contributed by atoms with Crippen molar-refractivity contribution >= 4 is 27.7 Å². The van der Waals surface area contributed by atoms with Crippen molar-refractivity contribution < 1.29 is 18.7 Å². The summed E-state index contributed by atoms with van der Waals surface area (Å²) in [6.45, 7) is 8.09. The maximum absolute atomic E-state index is 12.0. The van der Waals surface area contributed by atoms with Gasteiger partial charge in [0.2, 0.25) is 5.91 Å². The second-order valence-corrected chi connectivity index (χ2v) is 7.30. The second-order valence-electron chi connectivity index (χ2n) is 6.52. The molecule has 0 aliphatic carbocycles. The van der Waals surface area contributed by atoms with Crippen LogP contribution in [0.3, 0.4) is 0 Å². The highest BCUT2D eigenvalue weighted by atomic mass is 79.9. The van der Waals surface area contributed by atoms with Crippen molar-refractivity contribution in [3.63, 3.8) is 0 Å². The average molecular weight is 416 g/mol. The minimum atomic E-state index is -0.409. The third-order valence-electron chi connectivity index (χ3n) is 4.05. The van der Waals surface area contributed by atoms with Crippen LogP contribution in [0.5, 0.6) is 0 Å². The van der Waals surface area contributed by atoms with Crippen LogP contribution in [0.4, 0.5) is 0 Å². The lowest BCUT2D eigenvalue weighted by molar-refractivity contribution is -0.120. The number of hydrogen-bond acceptors (Lipinski definition) is 5. The van der Waals surface area contributed by atoms with Crippen LogP contribution in [0, 0.1) is 5.92 Å². The molecule has 25 heavy (non-hydrogen) atoms. The SMILES string of the molecule is CC(C)CC(CNC(=O)CNC(=O)c1ccc(Br)o1)N1CCOCC1. The van der Waals surface area contributed by atoms with E-state index in [1.54, 1.807) is 12.1 Å². The summed E-state index contributed by atoms with van der Waals surface area (Å²) >= 11 is 3.14. The van der Waals surface area contributed by atoms with Gasteiger partial charge in [-0.2, -0.15) is 0 Å². The Morgan fingerprint density at radius 1 is 1.24 bits per heavy atom. The van der Waals surface area contributed by atoms with Crippen LogP contribution in [0.15, 0.2) is 21.2 Å². The monoisotopic (exact) mass is 415 g/mol. The Morgan fingerprint density at radius 3 is 2.56 bits per heavy atom. The van der Waals surface area contributed by atoms with Gasteiger partial charge in [0, 0.05) is 25.7 Å². The van der Waals surface area contributed by atoms with Crippen LogP contribution in [-0.2, 0) is 9.53 Å². The molecule has 7 nitrogen and oxygen atoms in total. The van der Waals surface area contributed by atoms with Gasteiger partial charge in [0.05, 0.1) is 19.8 Å². The standard InChI is InChI=1S/C17H26BrN3O4/c1-12(2)9-13(21-5-7-24-8-6-21)10-19-16(22)11-20-17(23)14-3-4-15(18)25-14/h3-4,12-13H,5-11H2,1-2H3,(H,19,22)(H,20,23). The van der Waals surface area contributed by atoms with Crippen molar-refractivity contribution in [1.82, 2.24) is 15.5 Å². The van der Waals surface area contributed by atoms with E-state index in [0.29, 0.717) is 17.1 Å². The van der Waals surface area contributed by atoms with E-state index in [1.807, 2.05) is 0 Å². The lowest BCUT2D eigenvalue weighted by Crippen LogP contribution is -2.50. The Bertz CT molecular complexity index is 570. The fourth-order valence-electron chi connectivity index (χ4n) is 2.83. The zero-order valence-corrected chi connectivity index (χ0v) is 16.3. The smallest absolute Gasteiger partial charge is 0.287 e. The van der Waals surface area contributed by atoms with Gasteiger partial charge in [-0.25, -0.2) is 0 Å². The summed E-state index contributed by atoms with van der Waals surface area (Å²) in [5, 5.41) is 5.48. The minimum absolute atomic E-state index is 0.0747. The van der Waals surface area contributed by atoms with Gasteiger partial charge < -0.3 is 19.8 Å². The van der Waals surface area contributed by atoms with Gasteiger partial charge in [-0.3, -0.25) is 14.5 Å². The number of nitrogens with one attached hydrogen (secondary N) is 2. The van der Waals surface area contributed by atoms with Gasteiger partial charge in [-0.15, -0.1) is 0 Å². The van der Waals surface area contributed by atoms with Crippen LogP contribution < -0.4 is 10.6 Å². The van der Waals surface area contributed by atoms with Crippen molar-refractivity contribution in [1.29, 1.82) is 0 Å². The highest BCUT2D eigenvalue weighted by molar-refractivity contribution is 9.10. The first-order chi connectivity index (χ1) is 12.0. The zero-order chi connectivity index (χ0) is 18.2. The molecule has 1 aliphatic rings. The van der Waals surface area contributed by atoms with Crippen LogP contribution in [0.2, 0.25) is 0 Å². The summed E-state index contributed by atoms with van der Waals surface area (Å²) in [5.74, 6) is 0.0984. The number of carbonyl (C=O) groups excluding carboxylic acids is 2. The number of nitrogens with zero attached hydrogens (tertiary/aromatic N) is 1. The lowest BCUT2D eigenvalue weighted by Gasteiger charge is -2.35. The van der Waals surface area contributed by atoms with Crippen LogP contribution in [0.1, 0.15) is 30.8 Å². The number of carbonyl (C=O) groups is 2. The van der Waals surface area contributed by atoms with E-state index in [0.717, 1.165) is 32.7 Å². The maximum Gasteiger partial charge on any atom is 0.287 e. The topological polar surface area (TPSA) is 83.8 Å². The predicted molar refractivity (Wildman–Crippen MR) is 97.4 cm³/mol. The van der Waals surface area contributed by atoms with E-state index in [-0.39, 0.29) is 24.3 Å². The van der Waals surface area contributed by atoms with Crippen molar-refractivity contribution in [3.8, 4) is 0 Å². The molecule has 1 aromatic rings. The molecule has 2 heterocycles. The summed E-state index contributed by atoms with van der Waals surface area (Å²) < 4.78 is 11.0. The first kappa shape index (κ1) is 19.9. The molecule has 1 atom stereocenters. The Kier molecular flexibility index (Phi) is 7.92. The maximum atomic E-state index is 12.0. The van der Waals surface area contributed by atoms with Gasteiger partial charge in [0.1, 0.15) is 0 Å². The largest absolute Gasteiger partial charge is 0.444 e. The normalized spacial score (nSPS) is 16.6. The summed E-state index contributed by atoms with van der Waals surface area (Å²) in [7, 11) is 0. The van der Waals surface area contributed by atoms with Crippen molar-refractivity contribution in [2.75, 3.05) is 39.4 Å². The predicted octanol–water partition coefficient (Wildman–Crippen LogP) is 1.63. The molecule has 2 amide bonds. The molecule has 0 radical (unpaired) electrons. The Hall–Kier alpha value is -1.38.